The molecular formula is C16H14ClN3O2S2. The molecule has 24 heavy (non-hydrogen) atoms. The quantitative estimate of drug-likeness (QED) is 0.640. The molecule has 1 amide bonds. The highest BCUT2D eigenvalue weighted by Gasteiger charge is 2.19. The van der Waals surface area contributed by atoms with Gasteiger partial charge in [-0.2, -0.15) is 0 Å². The van der Waals surface area contributed by atoms with E-state index in [0.717, 1.165) is 10.4 Å². The van der Waals surface area contributed by atoms with Crippen molar-refractivity contribution in [2.75, 3.05) is 5.32 Å². The molecule has 0 radical (unpaired) electrons. The maximum Gasteiger partial charge on any atom is 0.277 e. The average molecular weight is 380 g/mol. The van der Waals surface area contributed by atoms with E-state index in [4.69, 9.17) is 16.0 Å². The van der Waals surface area contributed by atoms with E-state index in [1.807, 2.05) is 30.5 Å². The highest BCUT2D eigenvalue weighted by atomic mass is 35.5. The van der Waals surface area contributed by atoms with Gasteiger partial charge in [0, 0.05) is 10.7 Å². The molecule has 0 aliphatic heterocycles. The Hall–Kier alpha value is -1.83. The van der Waals surface area contributed by atoms with E-state index >= 15 is 0 Å². The molecule has 0 spiro atoms. The Morgan fingerprint density at radius 1 is 1.38 bits per heavy atom. The number of aryl methyl sites for hydroxylation is 1. The molecule has 3 aromatic rings. The van der Waals surface area contributed by atoms with Crippen LogP contribution < -0.4 is 5.32 Å². The molecule has 2 heterocycles. The Bertz CT molecular complexity index is 849. The van der Waals surface area contributed by atoms with Crippen LogP contribution in [-0.4, -0.2) is 21.4 Å². The third-order valence-electron chi connectivity index (χ3n) is 3.24. The molecule has 5 nitrogen and oxygen atoms in total. The number of carbonyl (C=O) groups excluding carboxylic acids is 1. The Morgan fingerprint density at radius 2 is 2.21 bits per heavy atom. The third kappa shape index (κ3) is 3.98. The van der Waals surface area contributed by atoms with Crippen molar-refractivity contribution in [3.63, 3.8) is 0 Å². The number of hydrogen-bond donors (Lipinski definition) is 1. The summed E-state index contributed by atoms with van der Waals surface area (Å²) in [7, 11) is 0. The van der Waals surface area contributed by atoms with Gasteiger partial charge >= 0.3 is 0 Å². The minimum atomic E-state index is -0.389. The van der Waals surface area contributed by atoms with Gasteiger partial charge in [0.05, 0.1) is 10.1 Å². The van der Waals surface area contributed by atoms with Crippen molar-refractivity contribution in [1.29, 1.82) is 0 Å². The zero-order chi connectivity index (χ0) is 17.1. The first-order chi connectivity index (χ1) is 11.5. The fourth-order valence-electron chi connectivity index (χ4n) is 1.93. The summed E-state index contributed by atoms with van der Waals surface area (Å²) >= 11 is 8.71. The number of nitrogens with one attached hydrogen (secondary N) is 1. The molecule has 8 heteroatoms. The summed E-state index contributed by atoms with van der Waals surface area (Å²) in [5.74, 6) is 0.312. The number of nitrogens with zero attached hydrogens (tertiary/aromatic N) is 2. The van der Waals surface area contributed by atoms with E-state index in [0.29, 0.717) is 21.8 Å². The molecule has 0 saturated heterocycles. The molecule has 2 aromatic heterocycles. The van der Waals surface area contributed by atoms with Gasteiger partial charge in [0.15, 0.2) is 0 Å². The van der Waals surface area contributed by atoms with E-state index < -0.39 is 0 Å². The van der Waals surface area contributed by atoms with E-state index in [1.165, 1.54) is 23.1 Å². The highest BCUT2D eigenvalue weighted by molar-refractivity contribution is 8.00. The van der Waals surface area contributed by atoms with Crippen molar-refractivity contribution in [2.24, 2.45) is 0 Å². The zero-order valence-electron chi connectivity index (χ0n) is 12.9. The molecule has 1 atom stereocenters. The molecule has 0 fully saturated rings. The average Bonchev–Trinajstić information content (AvgIpc) is 3.21. The number of aromatic nitrogens is 2. The van der Waals surface area contributed by atoms with Crippen molar-refractivity contribution >= 4 is 46.3 Å². The topological polar surface area (TPSA) is 68.0 Å². The Labute approximate surface area is 152 Å². The summed E-state index contributed by atoms with van der Waals surface area (Å²) < 4.78 is 5.59. The van der Waals surface area contributed by atoms with Crippen molar-refractivity contribution in [3.8, 4) is 10.8 Å². The van der Waals surface area contributed by atoms with Crippen molar-refractivity contribution in [2.45, 2.75) is 24.3 Å². The fraction of sp³-hybridized carbons (Fsp3) is 0.188. The zero-order valence-corrected chi connectivity index (χ0v) is 15.3. The van der Waals surface area contributed by atoms with Crippen LogP contribution in [0.1, 0.15) is 12.5 Å². The summed E-state index contributed by atoms with van der Waals surface area (Å²) in [5.41, 5.74) is 1.65. The molecule has 0 bridgehead atoms. The predicted molar refractivity (Wildman–Crippen MR) is 97.7 cm³/mol. The van der Waals surface area contributed by atoms with Gasteiger partial charge in [0.25, 0.3) is 11.1 Å². The number of thioether (sulfide) groups is 1. The van der Waals surface area contributed by atoms with Gasteiger partial charge in [-0.25, -0.2) is 0 Å². The lowest BCUT2D eigenvalue weighted by Gasteiger charge is -2.12. The second-order valence-corrected chi connectivity index (χ2v) is 7.74. The van der Waals surface area contributed by atoms with Crippen LogP contribution in [-0.2, 0) is 4.79 Å². The minimum Gasteiger partial charge on any atom is -0.410 e. The van der Waals surface area contributed by atoms with E-state index in [2.05, 4.69) is 15.5 Å². The first-order valence-electron chi connectivity index (χ1n) is 7.14. The number of thiophene rings is 1. The van der Waals surface area contributed by atoms with Crippen LogP contribution in [0.5, 0.6) is 0 Å². The monoisotopic (exact) mass is 379 g/mol. The van der Waals surface area contributed by atoms with Crippen molar-refractivity contribution in [3.05, 3.63) is 46.3 Å². The maximum absolute atomic E-state index is 12.4. The molecule has 0 aliphatic rings. The van der Waals surface area contributed by atoms with Crippen LogP contribution in [0.25, 0.3) is 10.8 Å². The molecule has 1 aromatic carbocycles. The molecule has 1 N–H and O–H groups in total. The number of benzene rings is 1. The van der Waals surface area contributed by atoms with Gasteiger partial charge in [0.1, 0.15) is 0 Å². The van der Waals surface area contributed by atoms with Gasteiger partial charge in [0.2, 0.25) is 5.91 Å². The summed E-state index contributed by atoms with van der Waals surface area (Å²) in [6.45, 7) is 3.70. The van der Waals surface area contributed by atoms with Crippen LogP contribution in [0.15, 0.2) is 45.4 Å². The lowest BCUT2D eigenvalue weighted by molar-refractivity contribution is -0.115. The van der Waals surface area contributed by atoms with Crippen LogP contribution in [0, 0.1) is 6.92 Å². The van der Waals surface area contributed by atoms with Crippen LogP contribution in [0.4, 0.5) is 5.69 Å². The maximum atomic E-state index is 12.4. The van der Waals surface area contributed by atoms with Crippen LogP contribution in [0.3, 0.4) is 0 Å². The largest absolute Gasteiger partial charge is 0.410 e. The number of halogens is 1. The Balaban J connectivity index is 1.65. The number of hydrogen-bond acceptors (Lipinski definition) is 6. The number of carbonyl (C=O) groups is 1. The van der Waals surface area contributed by atoms with Crippen LogP contribution >= 0.6 is 34.7 Å². The number of anilines is 1. The van der Waals surface area contributed by atoms with E-state index in [9.17, 15) is 4.79 Å². The van der Waals surface area contributed by atoms with Crippen molar-refractivity contribution in [1.82, 2.24) is 10.2 Å². The summed E-state index contributed by atoms with van der Waals surface area (Å²) in [6, 6.07) is 9.20. The summed E-state index contributed by atoms with van der Waals surface area (Å²) in [6.07, 6.45) is 0. The predicted octanol–water partition coefficient (Wildman–Crippen LogP) is 4.88. The first kappa shape index (κ1) is 17.0. The van der Waals surface area contributed by atoms with E-state index in [-0.39, 0.29) is 11.2 Å². The van der Waals surface area contributed by atoms with Crippen LogP contribution in [0.2, 0.25) is 5.02 Å². The summed E-state index contributed by atoms with van der Waals surface area (Å²) in [5, 5.41) is 13.4. The molecule has 124 valence electrons. The van der Waals surface area contributed by atoms with Gasteiger partial charge in [-0.15, -0.1) is 21.5 Å². The smallest absolute Gasteiger partial charge is 0.277 e. The van der Waals surface area contributed by atoms with Gasteiger partial charge in [-0.05, 0) is 43.0 Å². The number of amides is 1. The standard InChI is InChI=1S/C16H14ClN3O2S2/c1-9-5-6-11(17)8-12(9)18-14(21)10(2)24-16-20-19-15(22-16)13-4-3-7-23-13/h3-8,10H,1-2H3,(H,18,21)/t10-/m1/s1. The normalized spacial score (nSPS) is 12.1. The fourth-order valence-corrected chi connectivity index (χ4v) is 3.42. The second kappa shape index (κ2) is 7.38. The number of rotatable bonds is 5. The molecule has 3 rings (SSSR count). The third-order valence-corrected chi connectivity index (χ3v) is 5.27. The minimum absolute atomic E-state index is 0.152. The van der Waals surface area contributed by atoms with E-state index in [1.54, 1.807) is 19.1 Å². The lowest BCUT2D eigenvalue weighted by atomic mass is 10.2. The van der Waals surface area contributed by atoms with Gasteiger partial charge in [-0.3, -0.25) is 4.79 Å². The molecule has 0 unspecified atom stereocenters. The summed E-state index contributed by atoms with van der Waals surface area (Å²) in [4.78, 5) is 13.3. The Morgan fingerprint density at radius 3 is 2.96 bits per heavy atom. The highest BCUT2D eigenvalue weighted by Crippen LogP contribution is 2.29. The van der Waals surface area contributed by atoms with Crippen molar-refractivity contribution < 1.29 is 9.21 Å². The van der Waals surface area contributed by atoms with Gasteiger partial charge in [-0.1, -0.05) is 35.5 Å². The second-order valence-electron chi connectivity index (χ2n) is 5.06. The van der Waals surface area contributed by atoms with Gasteiger partial charge < -0.3 is 9.73 Å². The SMILES string of the molecule is Cc1ccc(Cl)cc1NC(=O)[C@@H](C)Sc1nnc(-c2cccs2)o1. The first-order valence-corrected chi connectivity index (χ1v) is 9.27. The lowest BCUT2D eigenvalue weighted by Crippen LogP contribution is -2.22. The molecule has 0 aliphatic carbocycles. The molecule has 0 saturated carbocycles. The Kier molecular flexibility index (Phi) is 5.23. The molecular weight excluding hydrogens is 366 g/mol.